The maximum atomic E-state index is 12.9. The van der Waals surface area contributed by atoms with Crippen molar-refractivity contribution >= 4 is 0 Å². The first kappa shape index (κ1) is 13.9. The minimum absolute atomic E-state index is 0.125. The van der Waals surface area contributed by atoms with Crippen LogP contribution >= 0.6 is 0 Å². The van der Waals surface area contributed by atoms with Crippen LogP contribution in [0.2, 0.25) is 0 Å². The fourth-order valence-electron chi connectivity index (χ4n) is 2.43. The molecule has 0 saturated carbocycles. The molecule has 0 bridgehead atoms. The van der Waals surface area contributed by atoms with Gasteiger partial charge in [-0.2, -0.15) is 13.2 Å². The number of nitrogens with one attached hydrogen (secondary N) is 1. The summed E-state index contributed by atoms with van der Waals surface area (Å²) in [5.74, 6) is -0.136. The molecule has 1 aliphatic heterocycles. The second-order valence-corrected chi connectivity index (χ2v) is 4.99. The molecule has 0 spiro atoms. The van der Waals surface area contributed by atoms with E-state index >= 15 is 0 Å². The molecule has 2 nitrogen and oxygen atoms in total. The largest absolute Gasteiger partial charge is 0.488 e. The standard InChI is InChI=1S/C16H14F3NO/c17-16(18,19)14-3-1-2-4-15(14)21-10-11-5-6-12-8-20-9-13(12)7-11/h1-7,20H,8-10H2. The van der Waals surface area contributed by atoms with Gasteiger partial charge in [0, 0.05) is 13.1 Å². The lowest BCUT2D eigenvalue weighted by Gasteiger charge is -2.14. The van der Waals surface area contributed by atoms with Crippen LogP contribution in [-0.2, 0) is 25.9 Å². The Balaban J connectivity index is 1.76. The summed E-state index contributed by atoms with van der Waals surface area (Å²) in [6.07, 6.45) is -4.40. The van der Waals surface area contributed by atoms with Crippen LogP contribution in [0.5, 0.6) is 5.75 Å². The Labute approximate surface area is 120 Å². The lowest BCUT2D eigenvalue weighted by molar-refractivity contribution is -0.139. The van der Waals surface area contributed by atoms with Crippen molar-refractivity contribution in [1.29, 1.82) is 0 Å². The highest BCUT2D eigenvalue weighted by atomic mass is 19.4. The lowest BCUT2D eigenvalue weighted by atomic mass is 10.1. The van der Waals surface area contributed by atoms with E-state index in [-0.39, 0.29) is 12.4 Å². The molecule has 21 heavy (non-hydrogen) atoms. The third-order valence-electron chi connectivity index (χ3n) is 3.49. The Morgan fingerprint density at radius 1 is 1.00 bits per heavy atom. The topological polar surface area (TPSA) is 21.3 Å². The molecule has 110 valence electrons. The number of rotatable bonds is 3. The summed E-state index contributed by atoms with van der Waals surface area (Å²) in [5.41, 5.74) is 2.54. The molecule has 0 fully saturated rings. The second-order valence-electron chi connectivity index (χ2n) is 4.99. The van der Waals surface area contributed by atoms with Gasteiger partial charge in [0.15, 0.2) is 0 Å². The van der Waals surface area contributed by atoms with Crippen LogP contribution in [0.1, 0.15) is 22.3 Å². The molecule has 0 saturated heterocycles. The number of hydrogen-bond acceptors (Lipinski definition) is 2. The van der Waals surface area contributed by atoms with Gasteiger partial charge in [-0.1, -0.05) is 30.3 Å². The SMILES string of the molecule is FC(F)(F)c1ccccc1OCc1ccc2c(c1)CNC2. The first-order valence-electron chi connectivity index (χ1n) is 6.64. The smallest absolute Gasteiger partial charge is 0.419 e. The summed E-state index contributed by atoms with van der Waals surface area (Å²) < 4.78 is 44.0. The Morgan fingerprint density at radius 2 is 1.76 bits per heavy atom. The van der Waals surface area contributed by atoms with Crippen molar-refractivity contribution in [3.8, 4) is 5.75 Å². The number of para-hydroxylation sites is 1. The van der Waals surface area contributed by atoms with Crippen molar-refractivity contribution in [2.24, 2.45) is 0 Å². The molecule has 5 heteroatoms. The number of ether oxygens (including phenoxy) is 1. The number of benzene rings is 2. The van der Waals surface area contributed by atoms with Crippen molar-refractivity contribution in [1.82, 2.24) is 5.32 Å². The molecule has 1 aliphatic rings. The summed E-state index contributed by atoms with van der Waals surface area (Å²) in [6, 6.07) is 11.1. The number of halogens is 3. The van der Waals surface area contributed by atoms with Crippen molar-refractivity contribution in [3.05, 3.63) is 64.7 Å². The van der Waals surface area contributed by atoms with E-state index in [4.69, 9.17) is 4.74 Å². The first-order valence-corrected chi connectivity index (χ1v) is 6.64. The molecule has 2 aromatic carbocycles. The molecule has 1 N–H and O–H groups in total. The fourth-order valence-corrected chi connectivity index (χ4v) is 2.43. The molecular formula is C16H14F3NO. The molecule has 0 atom stereocenters. The van der Waals surface area contributed by atoms with E-state index in [9.17, 15) is 13.2 Å². The molecular weight excluding hydrogens is 279 g/mol. The zero-order valence-corrected chi connectivity index (χ0v) is 11.2. The van der Waals surface area contributed by atoms with E-state index in [1.165, 1.54) is 29.3 Å². The van der Waals surface area contributed by atoms with Gasteiger partial charge >= 0.3 is 6.18 Å². The summed E-state index contributed by atoms with van der Waals surface area (Å²) in [6.45, 7) is 1.76. The summed E-state index contributed by atoms with van der Waals surface area (Å²) in [4.78, 5) is 0. The maximum absolute atomic E-state index is 12.9. The van der Waals surface area contributed by atoms with Gasteiger partial charge in [0.1, 0.15) is 12.4 Å². The van der Waals surface area contributed by atoms with Gasteiger partial charge in [0.05, 0.1) is 5.56 Å². The van der Waals surface area contributed by atoms with Gasteiger partial charge in [-0.05, 0) is 28.8 Å². The van der Waals surface area contributed by atoms with Crippen LogP contribution in [0.15, 0.2) is 42.5 Å². The monoisotopic (exact) mass is 293 g/mol. The van der Waals surface area contributed by atoms with E-state index in [1.807, 2.05) is 18.2 Å². The second kappa shape index (κ2) is 5.41. The van der Waals surface area contributed by atoms with E-state index in [2.05, 4.69) is 5.32 Å². The normalized spacial score (nSPS) is 14.0. The predicted molar refractivity (Wildman–Crippen MR) is 72.8 cm³/mol. The molecule has 3 rings (SSSR count). The van der Waals surface area contributed by atoms with Crippen molar-refractivity contribution in [2.45, 2.75) is 25.9 Å². The van der Waals surface area contributed by atoms with Gasteiger partial charge in [0.25, 0.3) is 0 Å². The highest BCUT2D eigenvalue weighted by Crippen LogP contribution is 2.36. The lowest BCUT2D eigenvalue weighted by Crippen LogP contribution is -2.08. The van der Waals surface area contributed by atoms with Gasteiger partial charge in [-0.25, -0.2) is 0 Å². The zero-order chi connectivity index (χ0) is 14.9. The number of hydrogen-bond donors (Lipinski definition) is 1. The Kier molecular flexibility index (Phi) is 3.59. The van der Waals surface area contributed by atoms with E-state index in [1.54, 1.807) is 0 Å². The molecule has 1 heterocycles. The minimum atomic E-state index is -4.40. The third kappa shape index (κ3) is 3.03. The average molecular weight is 293 g/mol. The van der Waals surface area contributed by atoms with E-state index < -0.39 is 11.7 Å². The minimum Gasteiger partial charge on any atom is -0.488 e. The van der Waals surface area contributed by atoms with Crippen LogP contribution in [0.3, 0.4) is 0 Å². The zero-order valence-electron chi connectivity index (χ0n) is 11.2. The fraction of sp³-hybridized carbons (Fsp3) is 0.250. The van der Waals surface area contributed by atoms with Gasteiger partial charge in [0.2, 0.25) is 0 Å². The van der Waals surface area contributed by atoms with E-state index in [0.717, 1.165) is 24.7 Å². The van der Waals surface area contributed by atoms with Crippen molar-refractivity contribution in [3.63, 3.8) is 0 Å². The van der Waals surface area contributed by atoms with Crippen LogP contribution in [0.4, 0.5) is 13.2 Å². The van der Waals surface area contributed by atoms with Gasteiger partial charge in [-0.3, -0.25) is 0 Å². The third-order valence-corrected chi connectivity index (χ3v) is 3.49. The van der Waals surface area contributed by atoms with E-state index in [0.29, 0.717) is 0 Å². The molecule has 0 aromatic heterocycles. The summed E-state index contributed by atoms with van der Waals surface area (Å²) in [5, 5.41) is 3.23. The van der Waals surface area contributed by atoms with Crippen molar-refractivity contribution in [2.75, 3.05) is 0 Å². The molecule has 0 unspecified atom stereocenters. The van der Waals surface area contributed by atoms with Crippen LogP contribution in [-0.4, -0.2) is 0 Å². The Morgan fingerprint density at radius 3 is 2.57 bits per heavy atom. The molecule has 0 radical (unpaired) electrons. The first-order chi connectivity index (χ1) is 10.0. The van der Waals surface area contributed by atoms with Gasteiger partial charge in [-0.15, -0.1) is 0 Å². The highest BCUT2D eigenvalue weighted by Gasteiger charge is 2.33. The quantitative estimate of drug-likeness (QED) is 0.927. The van der Waals surface area contributed by atoms with Crippen molar-refractivity contribution < 1.29 is 17.9 Å². The van der Waals surface area contributed by atoms with Crippen LogP contribution in [0.25, 0.3) is 0 Å². The Bertz CT molecular complexity index is 652. The van der Waals surface area contributed by atoms with Crippen LogP contribution in [0, 0.1) is 0 Å². The van der Waals surface area contributed by atoms with Crippen LogP contribution < -0.4 is 10.1 Å². The van der Waals surface area contributed by atoms with Gasteiger partial charge < -0.3 is 10.1 Å². The molecule has 2 aromatic rings. The summed E-state index contributed by atoms with van der Waals surface area (Å²) >= 11 is 0. The Hall–Kier alpha value is -2.01. The summed E-state index contributed by atoms with van der Waals surface area (Å²) in [7, 11) is 0. The predicted octanol–water partition coefficient (Wildman–Crippen LogP) is 3.89. The molecule has 0 amide bonds. The average Bonchev–Trinajstić information content (AvgIpc) is 2.92. The maximum Gasteiger partial charge on any atom is 0.419 e. The number of fused-ring (bicyclic) bond motifs is 1. The number of alkyl halides is 3. The highest BCUT2D eigenvalue weighted by molar-refractivity contribution is 5.37. The molecule has 0 aliphatic carbocycles.